The van der Waals surface area contributed by atoms with Gasteiger partial charge >= 0.3 is 0 Å². The van der Waals surface area contributed by atoms with Crippen molar-refractivity contribution < 1.29 is 19.1 Å². The maximum atomic E-state index is 14.1. The van der Waals surface area contributed by atoms with E-state index < -0.39 is 5.60 Å². The third kappa shape index (κ3) is 3.49. The lowest BCUT2D eigenvalue weighted by Gasteiger charge is -2.35. The van der Waals surface area contributed by atoms with Crippen LogP contribution in [0.25, 0.3) is 11.1 Å². The minimum Gasteiger partial charge on any atom is -0.380 e. The number of halogens is 1. The molecule has 2 heterocycles. The fourth-order valence-electron chi connectivity index (χ4n) is 3.44. The van der Waals surface area contributed by atoms with Gasteiger partial charge in [0.25, 0.3) is 11.8 Å². The van der Waals surface area contributed by atoms with Gasteiger partial charge in [0.15, 0.2) is 0 Å². The Morgan fingerprint density at radius 2 is 1.75 bits per heavy atom. The van der Waals surface area contributed by atoms with Crippen molar-refractivity contribution in [3.05, 3.63) is 53.6 Å². The highest BCUT2D eigenvalue weighted by molar-refractivity contribution is 5.93. The Morgan fingerprint density at radius 3 is 2.32 bits per heavy atom. The minimum absolute atomic E-state index is 0.215. The first-order chi connectivity index (χ1) is 13.4. The third-order valence-corrected chi connectivity index (χ3v) is 5.39. The lowest BCUT2D eigenvalue weighted by atomic mass is 10.0. The first-order valence-corrected chi connectivity index (χ1v) is 9.41. The Bertz CT molecular complexity index is 917. The minimum atomic E-state index is -1.17. The summed E-state index contributed by atoms with van der Waals surface area (Å²) < 4.78 is 14.1. The number of carbonyl (C=O) groups is 2. The van der Waals surface area contributed by atoms with E-state index in [1.807, 2.05) is 13.0 Å². The van der Waals surface area contributed by atoms with E-state index in [-0.39, 0.29) is 23.3 Å². The lowest BCUT2D eigenvalue weighted by Crippen LogP contribution is -2.53. The third-order valence-electron chi connectivity index (χ3n) is 5.39. The smallest absolute Gasteiger partial charge is 0.272 e. The second-order valence-electron chi connectivity index (χ2n) is 7.53. The lowest BCUT2D eigenvalue weighted by molar-refractivity contribution is -0.143. The van der Waals surface area contributed by atoms with Crippen LogP contribution >= 0.6 is 0 Å². The van der Waals surface area contributed by atoms with E-state index in [2.05, 4.69) is 4.98 Å². The fourth-order valence-corrected chi connectivity index (χ4v) is 3.44. The highest BCUT2D eigenvalue weighted by Crippen LogP contribution is 2.37. The molecule has 1 aromatic carbocycles. The maximum Gasteiger partial charge on any atom is 0.272 e. The summed E-state index contributed by atoms with van der Waals surface area (Å²) in [5.41, 5.74) is 1.02. The van der Waals surface area contributed by atoms with Crippen molar-refractivity contribution in [1.29, 1.82) is 0 Å². The molecule has 0 unspecified atom stereocenters. The SMILES string of the molecule is Cc1ccc(-c2ccc(C(=O)N3CCN(C(=O)C4(O)CC4)CC3)nc2)c(F)c1. The van der Waals surface area contributed by atoms with Gasteiger partial charge in [-0.15, -0.1) is 0 Å². The van der Waals surface area contributed by atoms with E-state index in [1.54, 1.807) is 28.0 Å². The summed E-state index contributed by atoms with van der Waals surface area (Å²) in [7, 11) is 0. The molecule has 6 nitrogen and oxygen atoms in total. The van der Waals surface area contributed by atoms with Crippen molar-refractivity contribution in [2.24, 2.45) is 0 Å². The van der Waals surface area contributed by atoms with Gasteiger partial charge in [0, 0.05) is 43.5 Å². The van der Waals surface area contributed by atoms with Gasteiger partial charge in [0.1, 0.15) is 17.1 Å². The van der Waals surface area contributed by atoms with Crippen LogP contribution in [0.4, 0.5) is 4.39 Å². The Hall–Kier alpha value is -2.80. The average Bonchev–Trinajstić information content (AvgIpc) is 3.46. The van der Waals surface area contributed by atoms with Crippen LogP contribution in [0, 0.1) is 12.7 Å². The molecule has 7 heteroatoms. The summed E-state index contributed by atoms with van der Waals surface area (Å²) in [6.07, 6.45) is 2.54. The molecular weight excluding hydrogens is 361 g/mol. The maximum absolute atomic E-state index is 14.1. The Balaban J connectivity index is 1.41. The summed E-state index contributed by atoms with van der Waals surface area (Å²) in [4.78, 5) is 32.3. The monoisotopic (exact) mass is 383 g/mol. The number of pyridine rings is 1. The predicted octanol–water partition coefficient (Wildman–Crippen LogP) is 2.01. The molecule has 1 aliphatic heterocycles. The van der Waals surface area contributed by atoms with Gasteiger partial charge in [-0.05, 0) is 37.5 Å². The molecule has 1 saturated carbocycles. The fraction of sp³-hybridized carbons (Fsp3) is 0.381. The number of hydrogen-bond donors (Lipinski definition) is 1. The first kappa shape index (κ1) is 18.6. The van der Waals surface area contributed by atoms with E-state index in [0.29, 0.717) is 50.1 Å². The number of benzene rings is 1. The van der Waals surface area contributed by atoms with Crippen LogP contribution in [0.5, 0.6) is 0 Å². The Morgan fingerprint density at radius 1 is 1.07 bits per heavy atom. The second-order valence-corrected chi connectivity index (χ2v) is 7.53. The molecule has 146 valence electrons. The molecule has 1 N–H and O–H groups in total. The van der Waals surface area contributed by atoms with E-state index in [1.165, 1.54) is 12.3 Å². The van der Waals surface area contributed by atoms with Crippen LogP contribution in [0.15, 0.2) is 36.5 Å². The number of nitrogens with zero attached hydrogens (tertiary/aromatic N) is 3. The van der Waals surface area contributed by atoms with Crippen LogP contribution in [0.3, 0.4) is 0 Å². The number of carbonyl (C=O) groups excluding carboxylic acids is 2. The standard InChI is InChI=1S/C21H22FN3O3/c1-14-2-4-16(17(22)12-14)15-3-5-18(23-13-15)19(26)24-8-10-25(11-9-24)20(27)21(28)6-7-21/h2-5,12-13,28H,6-11H2,1H3. The Labute approximate surface area is 162 Å². The van der Waals surface area contributed by atoms with Crippen LogP contribution in [0.1, 0.15) is 28.9 Å². The van der Waals surface area contributed by atoms with E-state index in [4.69, 9.17) is 0 Å². The summed E-state index contributed by atoms with van der Waals surface area (Å²) in [5.74, 6) is -0.769. The molecule has 2 aromatic rings. The van der Waals surface area contributed by atoms with Crippen molar-refractivity contribution in [3.63, 3.8) is 0 Å². The molecule has 0 radical (unpaired) electrons. The van der Waals surface area contributed by atoms with Gasteiger partial charge in [-0.3, -0.25) is 14.6 Å². The number of amides is 2. The van der Waals surface area contributed by atoms with E-state index in [9.17, 15) is 19.1 Å². The van der Waals surface area contributed by atoms with Gasteiger partial charge in [-0.2, -0.15) is 0 Å². The number of aromatic nitrogens is 1. The van der Waals surface area contributed by atoms with Gasteiger partial charge in [-0.1, -0.05) is 18.2 Å². The molecule has 2 aliphatic rings. The zero-order chi connectivity index (χ0) is 19.9. The molecule has 1 saturated heterocycles. The van der Waals surface area contributed by atoms with Crippen molar-refractivity contribution in [2.75, 3.05) is 26.2 Å². The normalized spacial score (nSPS) is 18.1. The highest BCUT2D eigenvalue weighted by Gasteiger charge is 2.50. The molecule has 4 rings (SSSR count). The van der Waals surface area contributed by atoms with Crippen molar-refractivity contribution >= 4 is 11.8 Å². The predicted molar refractivity (Wildman–Crippen MR) is 101 cm³/mol. The summed E-state index contributed by atoms with van der Waals surface area (Å²) >= 11 is 0. The molecule has 0 bridgehead atoms. The Kier molecular flexibility index (Phi) is 4.63. The zero-order valence-corrected chi connectivity index (χ0v) is 15.7. The van der Waals surface area contributed by atoms with Crippen LogP contribution in [0.2, 0.25) is 0 Å². The molecule has 0 spiro atoms. The molecule has 1 aromatic heterocycles. The van der Waals surface area contributed by atoms with Crippen molar-refractivity contribution in [1.82, 2.24) is 14.8 Å². The van der Waals surface area contributed by atoms with E-state index >= 15 is 0 Å². The van der Waals surface area contributed by atoms with Crippen LogP contribution < -0.4 is 0 Å². The van der Waals surface area contributed by atoms with Gasteiger partial charge in [-0.25, -0.2) is 4.39 Å². The van der Waals surface area contributed by atoms with Crippen LogP contribution in [-0.4, -0.2) is 63.5 Å². The number of hydrogen-bond acceptors (Lipinski definition) is 4. The van der Waals surface area contributed by atoms with Crippen LogP contribution in [-0.2, 0) is 4.79 Å². The molecule has 1 aliphatic carbocycles. The van der Waals surface area contributed by atoms with E-state index in [0.717, 1.165) is 5.56 Å². The largest absolute Gasteiger partial charge is 0.380 e. The summed E-state index contributed by atoms with van der Waals surface area (Å²) in [6, 6.07) is 8.29. The molecule has 2 amide bonds. The highest BCUT2D eigenvalue weighted by atomic mass is 19.1. The quantitative estimate of drug-likeness (QED) is 0.880. The summed E-state index contributed by atoms with van der Waals surface area (Å²) in [5, 5.41) is 9.95. The second kappa shape index (κ2) is 6.98. The topological polar surface area (TPSA) is 73.7 Å². The number of piperazine rings is 1. The summed E-state index contributed by atoms with van der Waals surface area (Å²) in [6.45, 7) is 3.43. The number of aliphatic hydroxyl groups is 1. The number of aryl methyl sites for hydroxylation is 1. The zero-order valence-electron chi connectivity index (χ0n) is 15.7. The molecule has 2 fully saturated rings. The average molecular weight is 383 g/mol. The molecule has 0 atom stereocenters. The number of rotatable bonds is 3. The van der Waals surface area contributed by atoms with Crippen molar-refractivity contribution in [3.8, 4) is 11.1 Å². The van der Waals surface area contributed by atoms with Crippen molar-refractivity contribution in [2.45, 2.75) is 25.4 Å². The van der Waals surface area contributed by atoms with Gasteiger partial charge in [0.2, 0.25) is 0 Å². The molecule has 28 heavy (non-hydrogen) atoms. The first-order valence-electron chi connectivity index (χ1n) is 9.41. The molecular formula is C21H22FN3O3. The van der Waals surface area contributed by atoms with Gasteiger partial charge in [0.05, 0.1) is 0 Å². The van der Waals surface area contributed by atoms with Gasteiger partial charge < -0.3 is 14.9 Å².